The number of piperidine rings is 1. The van der Waals surface area contributed by atoms with Gasteiger partial charge in [-0.15, -0.1) is 0 Å². The minimum Gasteiger partial charge on any atom is -0.353 e. The van der Waals surface area contributed by atoms with Crippen molar-refractivity contribution in [2.75, 3.05) is 0 Å². The number of nitrogens with one attached hydrogen (secondary N) is 3. The largest absolute Gasteiger partial charge is 0.353 e. The maximum absolute atomic E-state index is 13.2. The van der Waals surface area contributed by atoms with E-state index in [4.69, 9.17) is 0 Å². The molecule has 3 aliphatic rings. The van der Waals surface area contributed by atoms with E-state index in [0.717, 1.165) is 36.9 Å². The molecule has 5 rings (SSSR count). The number of aryl methyl sites for hydroxylation is 1. The van der Waals surface area contributed by atoms with Gasteiger partial charge in [-0.05, 0) is 85.8 Å². The van der Waals surface area contributed by atoms with Crippen molar-refractivity contribution in [1.29, 1.82) is 0 Å². The van der Waals surface area contributed by atoms with E-state index >= 15 is 0 Å². The van der Waals surface area contributed by atoms with Crippen LogP contribution in [0.2, 0.25) is 0 Å². The number of carbonyl (C=O) groups is 1. The first-order chi connectivity index (χ1) is 15.0. The summed E-state index contributed by atoms with van der Waals surface area (Å²) in [5, 5.41) is 3.34. The highest BCUT2D eigenvalue weighted by atomic mass is 19.1. The molecule has 3 fully saturated rings. The van der Waals surface area contributed by atoms with Crippen LogP contribution in [0.5, 0.6) is 0 Å². The second kappa shape index (κ2) is 8.32. The Morgan fingerprint density at radius 2 is 1.90 bits per heavy atom. The van der Waals surface area contributed by atoms with E-state index in [0.29, 0.717) is 17.9 Å². The molecule has 1 amide bonds. The van der Waals surface area contributed by atoms with Crippen molar-refractivity contribution in [3.8, 4) is 0 Å². The summed E-state index contributed by atoms with van der Waals surface area (Å²) < 4.78 is 13.2. The molecule has 1 aromatic carbocycles. The zero-order valence-electron chi connectivity index (χ0n) is 18.1. The van der Waals surface area contributed by atoms with Gasteiger partial charge < -0.3 is 5.32 Å². The zero-order valence-corrected chi connectivity index (χ0v) is 18.1. The molecule has 1 saturated carbocycles. The molecule has 0 spiro atoms. The van der Waals surface area contributed by atoms with Gasteiger partial charge in [-0.1, -0.05) is 19.1 Å². The lowest BCUT2D eigenvalue weighted by Gasteiger charge is -2.45. The molecule has 2 aromatic rings. The molecule has 1 aliphatic carbocycles. The number of fused-ring (bicyclic) bond motifs is 2. The Balaban J connectivity index is 1.28. The molecule has 5 nitrogen and oxygen atoms in total. The fourth-order valence-corrected chi connectivity index (χ4v) is 6.03. The lowest BCUT2D eigenvalue weighted by atomic mass is 9.66. The van der Waals surface area contributed by atoms with E-state index in [-0.39, 0.29) is 35.6 Å². The number of halogens is 1. The van der Waals surface area contributed by atoms with Crippen molar-refractivity contribution in [3.05, 3.63) is 65.2 Å². The Kier molecular flexibility index (Phi) is 5.52. The molecule has 3 N–H and O–H groups in total. The highest BCUT2D eigenvalue weighted by molar-refractivity contribution is 5.80. The minimum atomic E-state index is -0.218. The average molecular weight is 423 g/mol. The first-order valence-corrected chi connectivity index (χ1v) is 11.5. The third kappa shape index (κ3) is 4.11. The maximum atomic E-state index is 13.2. The van der Waals surface area contributed by atoms with E-state index in [1.165, 1.54) is 17.7 Å². The molecule has 6 heteroatoms. The van der Waals surface area contributed by atoms with Crippen LogP contribution in [0.3, 0.4) is 0 Å². The monoisotopic (exact) mass is 422 g/mol. The first kappa shape index (κ1) is 20.6. The van der Waals surface area contributed by atoms with Crippen molar-refractivity contribution in [2.45, 2.75) is 57.7 Å². The van der Waals surface area contributed by atoms with Gasteiger partial charge in [0.05, 0.1) is 6.04 Å². The van der Waals surface area contributed by atoms with Crippen LogP contribution in [-0.4, -0.2) is 23.0 Å². The maximum Gasteiger partial charge on any atom is 0.223 e. The highest BCUT2D eigenvalue weighted by Gasteiger charge is 2.48. The molecule has 7 atom stereocenters. The minimum absolute atomic E-state index is 0.00629. The quantitative estimate of drug-likeness (QED) is 0.706. The molecular weight excluding hydrogens is 391 g/mol. The molecule has 0 bridgehead atoms. The number of amides is 1. The summed E-state index contributed by atoms with van der Waals surface area (Å²) in [5.41, 5.74) is 10.4. The molecule has 0 radical (unpaired) electrons. The van der Waals surface area contributed by atoms with Gasteiger partial charge in [-0.2, -0.15) is 0 Å². The number of aromatic nitrogens is 1. The van der Waals surface area contributed by atoms with Gasteiger partial charge in [0.25, 0.3) is 0 Å². The van der Waals surface area contributed by atoms with E-state index in [9.17, 15) is 9.18 Å². The molecule has 2 aliphatic heterocycles. The molecule has 1 aromatic heterocycles. The molecular formula is C25H31FN4O. The van der Waals surface area contributed by atoms with Crippen molar-refractivity contribution in [3.63, 3.8) is 0 Å². The van der Waals surface area contributed by atoms with Crippen LogP contribution in [0.1, 0.15) is 49.0 Å². The smallest absolute Gasteiger partial charge is 0.223 e. The Morgan fingerprint density at radius 1 is 1.10 bits per heavy atom. The fourth-order valence-electron chi connectivity index (χ4n) is 6.03. The highest BCUT2D eigenvalue weighted by Crippen LogP contribution is 2.45. The average Bonchev–Trinajstić information content (AvgIpc) is 3.16. The fraction of sp³-hybridized carbons (Fsp3) is 0.520. The van der Waals surface area contributed by atoms with Gasteiger partial charge in [-0.3, -0.25) is 15.2 Å². The Morgan fingerprint density at radius 3 is 2.68 bits per heavy atom. The Bertz CT molecular complexity index is 949. The van der Waals surface area contributed by atoms with E-state index in [1.54, 1.807) is 0 Å². The summed E-state index contributed by atoms with van der Waals surface area (Å²) in [7, 11) is 0. The Hall–Kier alpha value is -2.31. The predicted molar refractivity (Wildman–Crippen MR) is 117 cm³/mol. The normalized spacial score (nSPS) is 33.3. The van der Waals surface area contributed by atoms with Gasteiger partial charge in [-0.25, -0.2) is 9.82 Å². The summed E-state index contributed by atoms with van der Waals surface area (Å²) in [6.45, 7) is 4.19. The van der Waals surface area contributed by atoms with Crippen LogP contribution in [0.4, 0.5) is 4.39 Å². The van der Waals surface area contributed by atoms with Gasteiger partial charge in [0.15, 0.2) is 0 Å². The number of nitrogens with zero attached hydrogens (tertiary/aromatic N) is 1. The van der Waals surface area contributed by atoms with Crippen LogP contribution in [0.25, 0.3) is 0 Å². The standard InChI is InChI=1S/C25H31FN4O/c1-14(9-16-3-5-19(26)6-4-16)20-11-18-12-21-23(13-22(18)28-25(20)31)29-30-24(21)17-7-8-27-15(2)10-17/h3-8,10,14,18,20-24,29-30H,9,11-13H2,1-2H3,(H,28,31). The topological polar surface area (TPSA) is 66.0 Å². The number of hydrogen-bond acceptors (Lipinski definition) is 4. The SMILES string of the molecule is Cc1cc(C2NNC3CC4NC(=O)C(C(C)Cc5ccc(F)cc5)CC4CC32)ccn1. The molecule has 3 heterocycles. The van der Waals surface area contributed by atoms with E-state index in [1.807, 2.05) is 25.3 Å². The van der Waals surface area contributed by atoms with Crippen LogP contribution in [0, 0.1) is 36.4 Å². The van der Waals surface area contributed by atoms with Gasteiger partial charge >= 0.3 is 0 Å². The number of hydrazine groups is 1. The summed E-state index contributed by atoms with van der Waals surface area (Å²) >= 11 is 0. The summed E-state index contributed by atoms with van der Waals surface area (Å²) in [6, 6.07) is 11.8. The Labute approximate surface area is 183 Å². The number of pyridine rings is 1. The van der Waals surface area contributed by atoms with Crippen LogP contribution in [-0.2, 0) is 11.2 Å². The van der Waals surface area contributed by atoms with Crippen LogP contribution < -0.4 is 16.2 Å². The number of benzene rings is 1. The third-order valence-corrected chi connectivity index (χ3v) is 7.68. The zero-order chi connectivity index (χ0) is 21.5. The second-order valence-electron chi connectivity index (χ2n) is 9.76. The lowest BCUT2D eigenvalue weighted by Crippen LogP contribution is -2.56. The number of carbonyl (C=O) groups excluding carboxylic acids is 1. The summed E-state index contributed by atoms with van der Waals surface area (Å²) in [6.07, 6.45) is 5.68. The van der Waals surface area contributed by atoms with Crippen molar-refractivity contribution in [2.24, 2.45) is 23.7 Å². The lowest BCUT2D eigenvalue weighted by molar-refractivity contribution is -0.132. The van der Waals surface area contributed by atoms with Crippen LogP contribution in [0.15, 0.2) is 42.6 Å². The van der Waals surface area contributed by atoms with E-state index < -0.39 is 0 Å². The second-order valence-corrected chi connectivity index (χ2v) is 9.76. The van der Waals surface area contributed by atoms with Gasteiger partial charge in [0.1, 0.15) is 5.82 Å². The van der Waals surface area contributed by atoms with Crippen molar-refractivity contribution < 1.29 is 9.18 Å². The van der Waals surface area contributed by atoms with E-state index in [2.05, 4.69) is 40.2 Å². The third-order valence-electron chi connectivity index (χ3n) is 7.68. The molecule has 7 unspecified atom stereocenters. The first-order valence-electron chi connectivity index (χ1n) is 11.5. The molecule has 164 valence electrons. The van der Waals surface area contributed by atoms with Crippen LogP contribution >= 0.6 is 0 Å². The molecule has 2 saturated heterocycles. The van der Waals surface area contributed by atoms with Gasteiger partial charge in [0.2, 0.25) is 5.91 Å². The number of hydrogen-bond donors (Lipinski definition) is 3. The summed E-state index contributed by atoms with van der Waals surface area (Å²) in [5.74, 6) is 1.19. The predicted octanol–water partition coefficient (Wildman–Crippen LogP) is 3.46. The van der Waals surface area contributed by atoms with Crippen molar-refractivity contribution in [1.82, 2.24) is 21.2 Å². The number of rotatable bonds is 4. The molecule has 31 heavy (non-hydrogen) atoms. The van der Waals surface area contributed by atoms with Crippen molar-refractivity contribution >= 4 is 5.91 Å². The van der Waals surface area contributed by atoms with Gasteiger partial charge in [0, 0.05) is 29.9 Å². The summed E-state index contributed by atoms with van der Waals surface area (Å²) in [4.78, 5) is 17.3.